The molecule has 0 saturated heterocycles. The fraction of sp³-hybridized carbons (Fsp3) is 0.278. The topological polar surface area (TPSA) is 87.3 Å². The number of amides is 2. The maximum Gasteiger partial charge on any atom is 0.319 e. The van der Waals surface area contributed by atoms with Crippen LogP contribution in [0.5, 0.6) is 0 Å². The molecular weight excluding hydrogens is 374 g/mol. The molecule has 6 nitrogen and oxygen atoms in total. The van der Waals surface area contributed by atoms with Crippen LogP contribution in [-0.4, -0.2) is 20.5 Å². The Hall–Kier alpha value is -2.09. The van der Waals surface area contributed by atoms with Gasteiger partial charge in [-0.05, 0) is 49.2 Å². The number of rotatable bonds is 7. The third kappa shape index (κ3) is 6.67. The lowest BCUT2D eigenvalue weighted by Gasteiger charge is -2.13. The largest absolute Gasteiger partial charge is 0.334 e. The van der Waals surface area contributed by atoms with Crippen LogP contribution in [0.1, 0.15) is 25.0 Å². The van der Waals surface area contributed by atoms with E-state index in [0.29, 0.717) is 16.3 Å². The van der Waals surface area contributed by atoms with Crippen LogP contribution in [0.3, 0.4) is 0 Å². The smallest absolute Gasteiger partial charge is 0.319 e. The second-order valence-corrected chi connectivity index (χ2v) is 8.31. The van der Waals surface area contributed by atoms with E-state index in [0.717, 1.165) is 5.56 Å². The first-order chi connectivity index (χ1) is 12.2. The Bertz CT molecular complexity index is 852. The maximum atomic E-state index is 12.1. The lowest BCUT2D eigenvalue weighted by molar-refractivity contribution is 0.251. The first-order valence-corrected chi connectivity index (χ1v) is 10.2. The molecule has 0 fully saturated rings. The number of hydrogen-bond donors (Lipinski definition) is 3. The molecule has 140 valence electrons. The van der Waals surface area contributed by atoms with Crippen molar-refractivity contribution >= 4 is 33.3 Å². The van der Waals surface area contributed by atoms with Gasteiger partial charge >= 0.3 is 6.03 Å². The van der Waals surface area contributed by atoms with Gasteiger partial charge in [0.15, 0.2) is 0 Å². The van der Waals surface area contributed by atoms with Crippen molar-refractivity contribution in [1.82, 2.24) is 10.0 Å². The van der Waals surface area contributed by atoms with E-state index < -0.39 is 10.0 Å². The Balaban J connectivity index is 1.99. The average Bonchev–Trinajstić information content (AvgIpc) is 2.54. The molecule has 0 radical (unpaired) electrons. The predicted molar refractivity (Wildman–Crippen MR) is 105 cm³/mol. The SMILES string of the molecule is CC(C)NS(=O)(=O)Cc1ccccc1CNC(=O)Nc1ccc(Cl)cc1. The van der Waals surface area contributed by atoms with E-state index in [1.807, 2.05) is 0 Å². The van der Waals surface area contributed by atoms with Gasteiger partial charge in [0, 0.05) is 23.3 Å². The van der Waals surface area contributed by atoms with Crippen molar-refractivity contribution in [1.29, 1.82) is 0 Å². The van der Waals surface area contributed by atoms with Gasteiger partial charge in [-0.2, -0.15) is 0 Å². The van der Waals surface area contributed by atoms with Gasteiger partial charge in [0.05, 0.1) is 5.75 Å². The summed E-state index contributed by atoms with van der Waals surface area (Å²) in [5, 5.41) is 6.01. The Morgan fingerprint density at radius 1 is 1.04 bits per heavy atom. The highest BCUT2D eigenvalue weighted by Crippen LogP contribution is 2.14. The van der Waals surface area contributed by atoms with Crippen LogP contribution < -0.4 is 15.4 Å². The molecule has 3 N–H and O–H groups in total. The summed E-state index contributed by atoms with van der Waals surface area (Å²) in [6, 6.07) is 13.3. The molecule has 0 atom stereocenters. The van der Waals surface area contributed by atoms with Gasteiger partial charge in [0.25, 0.3) is 0 Å². The Kier molecular flexibility index (Phi) is 7.02. The van der Waals surface area contributed by atoms with E-state index in [2.05, 4.69) is 15.4 Å². The molecule has 8 heteroatoms. The van der Waals surface area contributed by atoms with E-state index in [4.69, 9.17) is 11.6 Å². The summed E-state index contributed by atoms with van der Waals surface area (Å²) in [5.41, 5.74) is 2.00. The third-order valence-electron chi connectivity index (χ3n) is 3.42. The third-order valence-corrected chi connectivity index (χ3v) is 5.19. The molecule has 0 aliphatic rings. The first-order valence-electron chi connectivity index (χ1n) is 8.12. The van der Waals surface area contributed by atoms with E-state index in [1.54, 1.807) is 62.4 Å². The van der Waals surface area contributed by atoms with Crippen molar-refractivity contribution in [3.63, 3.8) is 0 Å². The van der Waals surface area contributed by atoms with Crippen LogP contribution in [0, 0.1) is 0 Å². The number of urea groups is 1. The van der Waals surface area contributed by atoms with Gasteiger partial charge in [0.2, 0.25) is 10.0 Å². The Labute approximate surface area is 159 Å². The number of benzene rings is 2. The second kappa shape index (κ2) is 9.02. The summed E-state index contributed by atoms with van der Waals surface area (Å²) in [6.07, 6.45) is 0. The van der Waals surface area contributed by atoms with Crippen molar-refractivity contribution in [2.24, 2.45) is 0 Å². The predicted octanol–water partition coefficient (Wildman–Crippen LogP) is 3.49. The molecule has 0 bridgehead atoms. The summed E-state index contributed by atoms with van der Waals surface area (Å²) in [7, 11) is -3.44. The minimum atomic E-state index is -3.44. The van der Waals surface area contributed by atoms with Gasteiger partial charge in [-0.3, -0.25) is 0 Å². The van der Waals surface area contributed by atoms with Gasteiger partial charge < -0.3 is 10.6 Å². The minimum Gasteiger partial charge on any atom is -0.334 e. The molecule has 0 saturated carbocycles. The number of anilines is 1. The van der Waals surface area contributed by atoms with Crippen molar-refractivity contribution in [2.45, 2.75) is 32.2 Å². The number of carbonyl (C=O) groups excluding carboxylic acids is 1. The molecule has 2 aromatic rings. The van der Waals surface area contributed by atoms with Crippen LogP contribution in [0.4, 0.5) is 10.5 Å². The molecule has 0 aromatic heterocycles. The quantitative estimate of drug-likeness (QED) is 0.670. The van der Waals surface area contributed by atoms with Crippen molar-refractivity contribution in [3.05, 3.63) is 64.7 Å². The number of hydrogen-bond acceptors (Lipinski definition) is 3. The summed E-state index contributed by atoms with van der Waals surface area (Å²) < 4.78 is 26.9. The highest BCUT2D eigenvalue weighted by Gasteiger charge is 2.15. The van der Waals surface area contributed by atoms with E-state index in [-0.39, 0.29) is 24.4 Å². The number of sulfonamides is 1. The first kappa shape index (κ1) is 20.2. The zero-order chi connectivity index (χ0) is 19.2. The number of carbonyl (C=O) groups is 1. The zero-order valence-corrected chi connectivity index (χ0v) is 16.2. The zero-order valence-electron chi connectivity index (χ0n) is 14.6. The highest BCUT2D eigenvalue weighted by atomic mass is 35.5. The molecule has 2 aromatic carbocycles. The van der Waals surface area contributed by atoms with Crippen LogP contribution in [0.2, 0.25) is 5.02 Å². The lowest BCUT2D eigenvalue weighted by atomic mass is 10.1. The fourth-order valence-corrected chi connectivity index (χ4v) is 3.98. The van der Waals surface area contributed by atoms with Gasteiger partial charge in [-0.15, -0.1) is 0 Å². The molecule has 0 aliphatic carbocycles. The molecule has 26 heavy (non-hydrogen) atoms. The van der Waals surface area contributed by atoms with E-state index >= 15 is 0 Å². The number of nitrogens with one attached hydrogen (secondary N) is 3. The van der Waals surface area contributed by atoms with Crippen molar-refractivity contribution in [3.8, 4) is 0 Å². The van der Waals surface area contributed by atoms with E-state index in [9.17, 15) is 13.2 Å². The second-order valence-electron chi connectivity index (χ2n) is 6.11. The van der Waals surface area contributed by atoms with Crippen LogP contribution >= 0.6 is 11.6 Å². The normalized spacial score (nSPS) is 11.4. The maximum absolute atomic E-state index is 12.1. The van der Waals surface area contributed by atoms with E-state index in [1.165, 1.54) is 0 Å². The van der Waals surface area contributed by atoms with Crippen LogP contribution in [0.15, 0.2) is 48.5 Å². The molecule has 0 spiro atoms. The molecule has 0 aliphatic heterocycles. The lowest BCUT2D eigenvalue weighted by Crippen LogP contribution is -2.32. The highest BCUT2D eigenvalue weighted by molar-refractivity contribution is 7.88. The Morgan fingerprint density at radius 3 is 2.27 bits per heavy atom. The molecule has 0 unspecified atom stereocenters. The van der Waals surface area contributed by atoms with Crippen LogP contribution in [0.25, 0.3) is 0 Å². The van der Waals surface area contributed by atoms with Gasteiger partial charge in [-0.1, -0.05) is 35.9 Å². The van der Waals surface area contributed by atoms with Crippen LogP contribution in [-0.2, 0) is 22.3 Å². The monoisotopic (exact) mass is 395 g/mol. The van der Waals surface area contributed by atoms with Gasteiger partial charge in [0.1, 0.15) is 0 Å². The van der Waals surface area contributed by atoms with Crippen molar-refractivity contribution < 1.29 is 13.2 Å². The average molecular weight is 396 g/mol. The Morgan fingerprint density at radius 2 is 1.65 bits per heavy atom. The van der Waals surface area contributed by atoms with Gasteiger partial charge in [-0.25, -0.2) is 17.9 Å². The molecule has 2 amide bonds. The minimum absolute atomic E-state index is 0.137. The molecular formula is C18H22ClN3O3S. The van der Waals surface area contributed by atoms with Crippen molar-refractivity contribution in [2.75, 3.05) is 5.32 Å². The summed E-state index contributed by atoms with van der Waals surface area (Å²) in [6.45, 7) is 3.75. The summed E-state index contributed by atoms with van der Waals surface area (Å²) in [5.74, 6) is -0.137. The summed E-state index contributed by atoms with van der Waals surface area (Å²) in [4.78, 5) is 12.0. The standard InChI is InChI=1S/C18H22ClN3O3S/c1-13(2)22-26(24,25)12-15-6-4-3-5-14(15)11-20-18(23)21-17-9-7-16(19)8-10-17/h3-10,13,22H,11-12H2,1-2H3,(H2,20,21,23). The summed E-state index contributed by atoms with van der Waals surface area (Å²) >= 11 is 5.81. The molecule has 2 rings (SSSR count). The fourth-order valence-electron chi connectivity index (χ4n) is 2.36. The molecule has 0 heterocycles. The number of halogens is 1.